The Morgan fingerprint density at radius 1 is 1.50 bits per heavy atom. The topological polar surface area (TPSA) is 12.9 Å². The van der Waals surface area contributed by atoms with E-state index in [9.17, 15) is 0 Å². The van der Waals surface area contributed by atoms with E-state index in [4.69, 9.17) is 0 Å². The lowest BCUT2D eigenvalue weighted by atomic mass is 10.5. The van der Waals surface area contributed by atoms with Gasteiger partial charge in [-0.15, -0.1) is 0 Å². The first-order valence-corrected chi connectivity index (χ1v) is 4.79. The molecule has 0 amide bonds. The van der Waals surface area contributed by atoms with Gasteiger partial charge < -0.3 is 0 Å². The molecule has 0 bridgehead atoms. The summed E-state index contributed by atoms with van der Waals surface area (Å²) in [4.78, 5) is 4.23. The van der Waals surface area contributed by atoms with Crippen LogP contribution in [-0.2, 0) is 0 Å². The summed E-state index contributed by atoms with van der Waals surface area (Å²) in [6, 6.07) is 6.10. The summed E-state index contributed by atoms with van der Waals surface area (Å²) < 4.78 is 0. The van der Waals surface area contributed by atoms with Crippen molar-refractivity contribution in [2.45, 2.75) is 13.3 Å². The van der Waals surface area contributed by atoms with Gasteiger partial charge in [-0.2, -0.15) is 0 Å². The van der Waals surface area contributed by atoms with Gasteiger partial charge in [0.15, 0.2) is 0 Å². The number of pyridine rings is 1. The molecule has 0 aromatic carbocycles. The van der Waals surface area contributed by atoms with Crippen molar-refractivity contribution in [1.82, 2.24) is 4.98 Å². The fourth-order valence-corrected chi connectivity index (χ4v) is 1.61. The van der Waals surface area contributed by atoms with E-state index in [0.29, 0.717) is 0 Å². The van der Waals surface area contributed by atoms with Crippen LogP contribution in [0, 0.1) is 0 Å². The summed E-state index contributed by atoms with van der Waals surface area (Å²) in [5, 5.41) is 0. The Kier molecular flexibility index (Phi) is 3.38. The van der Waals surface area contributed by atoms with E-state index < -0.39 is 0 Å². The molecule has 0 aliphatic rings. The maximum atomic E-state index is 4.23. The lowest BCUT2D eigenvalue weighted by Gasteiger charge is -1.95. The van der Waals surface area contributed by atoms with Crippen LogP contribution < -0.4 is 5.44 Å². The molecular weight excluding hydrogens is 141 g/mol. The Labute approximate surface area is 63.7 Å². The van der Waals surface area contributed by atoms with Crippen molar-refractivity contribution < 1.29 is 0 Å². The van der Waals surface area contributed by atoms with Crippen molar-refractivity contribution in [1.29, 1.82) is 0 Å². The molecule has 0 N–H and O–H groups in total. The van der Waals surface area contributed by atoms with Crippen molar-refractivity contribution in [3.05, 3.63) is 24.4 Å². The molecule has 1 rings (SSSR count). The molecule has 0 radical (unpaired) electrons. The van der Waals surface area contributed by atoms with E-state index in [1.807, 2.05) is 18.3 Å². The fourth-order valence-electron chi connectivity index (χ4n) is 0.720. The summed E-state index contributed by atoms with van der Waals surface area (Å²) >= 11 is 0. The standard InChI is InChI=1S/C8H12NP/c1-2-7-10-8-5-3-4-6-9-8/h3-6,10H,2,7H2,1H3. The van der Waals surface area contributed by atoms with E-state index in [2.05, 4.69) is 18.0 Å². The Morgan fingerprint density at radius 2 is 2.40 bits per heavy atom. The van der Waals surface area contributed by atoms with E-state index in [1.165, 1.54) is 18.0 Å². The lowest BCUT2D eigenvalue weighted by molar-refractivity contribution is 1.10. The van der Waals surface area contributed by atoms with Crippen LogP contribution in [0.3, 0.4) is 0 Å². The van der Waals surface area contributed by atoms with Gasteiger partial charge in [0, 0.05) is 6.20 Å². The summed E-state index contributed by atoms with van der Waals surface area (Å²) in [6.07, 6.45) is 4.39. The van der Waals surface area contributed by atoms with Crippen LogP contribution in [0.1, 0.15) is 13.3 Å². The Morgan fingerprint density at radius 3 is 3.00 bits per heavy atom. The van der Waals surface area contributed by atoms with Gasteiger partial charge in [0.25, 0.3) is 0 Å². The zero-order chi connectivity index (χ0) is 7.23. The van der Waals surface area contributed by atoms with Gasteiger partial charge in [-0.3, -0.25) is 4.98 Å². The highest BCUT2D eigenvalue weighted by atomic mass is 31.1. The number of rotatable bonds is 3. The zero-order valence-electron chi connectivity index (χ0n) is 6.17. The molecule has 1 nitrogen and oxygen atoms in total. The maximum absolute atomic E-state index is 4.23. The van der Waals surface area contributed by atoms with Crippen LogP contribution in [0.25, 0.3) is 0 Å². The fraction of sp³-hybridized carbons (Fsp3) is 0.375. The smallest absolute Gasteiger partial charge is 0.0600 e. The van der Waals surface area contributed by atoms with E-state index in [1.54, 1.807) is 0 Å². The third-order valence-electron chi connectivity index (χ3n) is 1.22. The minimum Gasteiger partial charge on any atom is -0.257 e. The van der Waals surface area contributed by atoms with Crippen molar-refractivity contribution in [3.8, 4) is 0 Å². The maximum Gasteiger partial charge on any atom is 0.0600 e. The monoisotopic (exact) mass is 153 g/mol. The molecule has 1 heterocycles. The molecule has 2 heteroatoms. The second kappa shape index (κ2) is 4.40. The molecule has 1 aromatic heterocycles. The van der Waals surface area contributed by atoms with Crippen LogP contribution in [0.15, 0.2) is 24.4 Å². The van der Waals surface area contributed by atoms with Crippen molar-refractivity contribution in [2.24, 2.45) is 0 Å². The molecule has 0 saturated heterocycles. The quantitative estimate of drug-likeness (QED) is 0.603. The van der Waals surface area contributed by atoms with Crippen molar-refractivity contribution >= 4 is 14.0 Å². The number of aromatic nitrogens is 1. The van der Waals surface area contributed by atoms with Crippen molar-refractivity contribution in [3.63, 3.8) is 0 Å². The van der Waals surface area contributed by atoms with Gasteiger partial charge >= 0.3 is 0 Å². The molecule has 1 unspecified atom stereocenters. The molecule has 10 heavy (non-hydrogen) atoms. The molecule has 54 valence electrons. The number of hydrogen-bond donors (Lipinski definition) is 0. The summed E-state index contributed by atoms with van der Waals surface area (Å²) in [6.45, 7) is 2.20. The first-order chi connectivity index (χ1) is 4.93. The predicted octanol–water partition coefficient (Wildman–Crippen LogP) is 1.80. The lowest BCUT2D eigenvalue weighted by Crippen LogP contribution is -1.98. The Balaban J connectivity index is 2.43. The van der Waals surface area contributed by atoms with E-state index in [-0.39, 0.29) is 0 Å². The molecule has 0 aliphatic heterocycles. The van der Waals surface area contributed by atoms with Crippen LogP contribution in [-0.4, -0.2) is 11.1 Å². The molecule has 0 aliphatic carbocycles. The van der Waals surface area contributed by atoms with Gasteiger partial charge in [-0.1, -0.05) is 28.0 Å². The Bertz CT molecular complexity index is 174. The minimum atomic E-state index is 0.893. The average Bonchev–Trinajstić information content (AvgIpc) is 2.03. The molecule has 0 saturated carbocycles. The average molecular weight is 153 g/mol. The second-order valence-corrected chi connectivity index (χ2v) is 3.51. The second-order valence-electron chi connectivity index (χ2n) is 2.14. The van der Waals surface area contributed by atoms with Crippen LogP contribution in [0.5, 0.6) is 0 Å². The van der Waals surface area contributed by atoms with E-state index >= 15 is 0 Å². The van der Waals surface area contributed by atoms with Gasteiger partial charge in [-0.05, 0) is 18.3 Å². The van der Waals surface area contributed by atoms with Gasteiger partial charge in [0.05, 0.1) is 5.44 Å². The Hall–Kier alpha value is -0.420. The molecule has 0 fully saturated rings. The highest BCUT2D eigenvalue weighted by Gasteiger charge is 1.88. The van der Waals surface area contributed by atoms with Crippen LogP contribution in [0.2, 0.25) is 0 Å². The molecule has 1 aromatic rings. The van der Waals surface area contributed by atoms with Crippen LogP contribution >= 0.6 is 8.58 Å². The molecular formula is C8H12NP. The summed E-state index contributed by atoms with van der Waals surface area (Å²) in [5.74, 6) is 0. The van der Waals surface area contributed by atoms with Gasteiger partial charge in [0.2, 0.25) is 0 Å². The summed E-state index contributed by atoms with van der Waals surface area (Å²) in [7, 11) is 0.893. The summed E-state index contributed by atoms with van der Waals surface area (Å²) in [5.41, 5.74) is 1.24. The van der Waals surface area contributed by atoms with Gasteiger partial charge in [-0.25, -0.2) is 0 Å². The first kappa shape index (κ1) is 7.68. The largest absolute Gasteiger partial charge is 0.257 e. The highest BCUT2D eigenvalue weighted by molar-refractivity contribution is 7.46. The SMILES string of the molecule is CCCPc1ccccn1. The van der Waals surface area contributed by atoms with Crippen LogP contribution in [0.4, 0.5) is 0 Å². The third-order valence-corrected chi connectivity index (χ3v) is 2.63. The molecule has 1 atom stereocenters. The van der Waals surface area contributed by atoms with Gasteiger partial charge in [0.1, 0.15) is 0 Å². The first-order valence-electron chi connectivity index (χ1n) is 3.58. The molecule has 0 spiro atoms. The van der Waals surface area contributed by atoms with E-state index in [0.717, 1.165) is 8.58 Å². The minimum absolute atomic E-state index is 0.893. The highest BCUT2D eigenvalue weighted by Crippen LogP contribution is 2.07. The predicted molar refractivity (Wildman–Crippen MR) is 47.3 cm³/mol. The number of hydrogen-bond acceptors (Lipinski definition) is 1. The normalized spacial score (nSPS) is 10.9. The van der Waals surface area contributed by atoms with Crippen molar-refractivity contribution in [2.75, 3.05) is 6.16 Å². The zero-order valence-corrected chi connectivity index (χ0v) is 7.17. The third kappa shape index (κ3) is 2.45. The number of nitrogens with zero attached hydrogens (tertiary/aromatic N) is 1.